The van der Waals surface area contributed by atoms with Crippen molar-refractivity contribution in [3.05, 3.63) is 70.5 Å². The number of methoxy groups -OCH3 is 1. The van der Waals surface area contributed by atoms with Gasteiger partial charge in [-0.15, -0.1) is 0 Å². The maximum Gasteiger partial charge on any atom is 0.416 e. The minimum absolute atomic E-state index is 0.0292. The number of alkyl halides is 8. The zero-order chi connectivity index (χ0) is 34.9. The van der Waals surface area contributed by atoms with Crippen molar-refractivity contribution in [3.63, 3.8) is 0 Å². The molecular formula is C31H26F8N4O5. The first kappa shape index (κ1) is 33.2. The van der Waals surface area contributed by atoms with Gasteiger partial charge in [-0.2, -0.15) is 26.3 Å². The number of aromatic nitrogens is 2. The molecule has 3 heterocycles. The number of hydrogen-bond acceptors (Lipinski definition) is 7. The number of carbonyl (C=O) groups excluding carboxylic acids is 1. The van der Waals surface area contributed by atoms with Crippen molar-refractivity contribution in [1.29, 1.82) is 0 Å². The molecule has 3 fully saturated rings. The highest BCUT2D eigenvalue weighted by molar-refractivity contribution is 5.78. The van der Waals surface area contributed by atoms with Gasteiger partial charge in [-0.3, -0.25) is 9.69 Å². The molecule has 1 aliphatic carbocycles. The first-order valence-electron chi connectivity index (χ1n) is 14.5. The van der Waals surface area contributed by atoms with E-state index >= 15 is 0 Å². The average molecular weight is 687 g/mol. The summed E-state index contributed by atoms with van der Waals surface area (Å²) in [6, 6.07) is 4.80. The van der Waals surface area contributed by atoms with E-state index in [-0.39, 0.29) is 29.2 Å². The van der Waals surface area contributed by atoms with Gasteiger partial charge in [0.2, 0.25) is 5.95 Å². The van der Waals surface area contributed by atoms with E-state index in [2.05, 4.69) is 9.97 Å². The number of carboxylic acids is 1. The molecule has 1 amide bonds. The Bertz CT molecular complexity index is 1740. The Kier molecular flexibility index (Phi) is 7.94. The third-order valence-electron chi connectivity index (χ3n) is 8.68. The van der Waals surface area contributed by atoms with E-state index in [4.69, 9.17) is 9.47 Å². The number of carboxylic acid groups (broad SMARTS) is 1. The molecule has 1 saturated carbocycles. The topological polar surface area (TPSA) is 105 Å². The van der Waals surface area contributed by atoms with E-state index in [1.807, 2.05) is 0 Å². The van der Waals surface area contributed by atoms with Crippen LogP contribution in [0.2, 0.25) is 0 Å². The molecular weight excluding hydrogens is 660 g/mol. The molecule has 48 heavy (non-hydrogen) atoms. The van der Waals surface area contributed by atoms with Crippen molar-refractivity contribution in [1.82, 2.24) is 14.9 Å². The van der Waals surface area contributed by atoms with E-state index in [0.717, 1.165) is 4.90 Å². The second-order valence-electron chi connectivity index (χ2n) is 12.0. The van der Waals surface area contributed by atoms with E-state index in [9.17, 15) is 49.8 Å². The predicted molar refractivity (Wildman–Crippen MR) is 150 cm³/mol. The number of carbonyl (C=O) groups is 2. The number of anilines is 1. The summed E-state index contributed by atoms with van der Waals surface area (Å²) in [5.74, 6) is -4.63. The van der Waals surface area contributed by atoms with Gasteiger partial charge < -0.3 is 19.5 Å². The van der Waals surface area contributed by atoms with Gasteiger partial charge in [-0.1, -0.05) is 6.07 Å². The fraction of sp³-hybridized carbons (Fsp3) is 0.419. The number of benzene rings is 2. The monoisotopic (exact) mass is 686 g/mol. The molecule has 1 aromatic heterocycles. The van der Waals surface area contributed by atoms with Gasteiger partial charge in [0.1, 0.15) is 11.9 Å². The molecule has 2 saturated heterocycles. The maximum atomic E-state index is 13.7. The molecule has 6 rings (SSSR count). The summed E-state index contributed by atoms with van der Waals surface area (Å²) >= 11 is 0. The van der Waals surface area contributed by atoms with Gasteiger partial charge in [-0.05, 0) is 60.7 Å². The van der Waals surface area contributed by atoms with Crippen LogP contribution in [-0.2, 0) is 28.4 Å². The Morgan fingerprint density at radius 3 is 2.21 bits per heavy atom. The molecule has 3 aliphatic rings. The molecule has 1 N–H and O–H groups in total. The van der Waals surface area contributed by atoms with Crippen LogP contribution in [0.3, 0.4) is 0 Å². The fourth-order valence-electron chi connectivity index (χ4n) is 6.03. The van der Waals surface area contributed by atoms with E-state index in [1.54, 1.807) is 18.2 Å². The highest BCUT2D eigenvalue weighted by Crippen LogP contribution is 2.49. The number of nitrogens with zero attached hydrogens (tertiary/aromatic N) is 4. The quantitative estimate of drug-likeness (QED) is 0.255. The third kappa shape index (κ3) is 6.29. The molecule has 2 aliphatic heterocycles. The van der Waals surface area contributed by atoms with Crippen LogP contribution >= 0.6 is 0 Å². The first-order valence-corrected chi connectivity index (χ1v) is 14.5. The zero-order valence-electron chi connectivity index (χ0n) is 25.1. The summed E-state index contributed by atoms with van der Waals surface area (Å²) < 4.78 is 120. The molecule has 17 heteroatoms. The number of rotatable bonds is 8. The number of cyclic esters (lactones) is 1. The second-order valence-corrected chi connectivity index (χ2v) is 12.0. The lowest BCUT2D eigenvalue weighted by atomic mass is 9.96. The van der Waals surface area contributed by atoms with Crippen LogP contribution < -0.4 is 9.64 Å². The van der Waals surface area contributed by atoms with Crippen LogP contribution in [0.15, 0.2) is 42.6 Å². The zero-order valence-corrected chi connectivity index (χ0v) is 25.1. The SMILES string of the molecule is COc1ccc(C2CC2C(=O)O)cc1-c1cnc(N2CC(F)(F)C2)nc1CN1C(=O)O[C@H](c2cc(C(F)(F)F)cc(C(F)(F)F)c2)[C@@H]1C. The lowest BCUT2D eigenvalue weighted by molar-refractivity contribution is -0.143. The summed E-state index contributed by atoms with van der Waals surface area (Å²) in [6.07, 6.45) is -11.1. The van der Waals surface area contributed by atoms with E-state index < -0.39 is 84.7 Å². The Balaban J connectivity index is 1.38. The summed E-state index contributed by atoms with van der Waals surface area (Å²) in [7, 11) is 1.38. The minimum atomic E-state index is -5.12. The van der Waals surface area contributed by atoms with Crippen molar-refractivity contribution in [3.8, 4) is 16.9 Å². The first-order chi connectivity index (χ1) is 22.4. The van der Waals surface area contributed by atoms with E-state index in [1.165, 1.54) is 25.1 Å². The van der Waals surface area contributed by atoms with Crippen molar-refractivity contribution in [2.45, 2.75) is 56.2 Å². The normalized spacial score (nSPS) is 23.5. The molecule has 0 spiro atoms. The molecule has 3 aromatic rings. The van der Waals surface area contributed by atoms with Crippen molar-refractivity contribution < 1.29 is 59.3 Å². The summed E-state index contributed by atoms with van der Waals surface area (Å²) in [4.78, 5) is 35.6. The Morgan fingerprint density at radius 2 is 1.67 bits per heavy atom. The second kappa shape index (κ2) is 11.5. The average Bonchev–Trinajstić information content (AvgIpc) is 3.76. The smallest absolute Gasteiger partial charge is 0.416 e. The lowest BCUT2D eigenvalue weighted by Crippen LogP contribution is -2.57. The van der Waals surface area contributed by atoms with Crippen LogP contribution in [0, 0.1) is 5.92 Å². The Hall–Kier alpha value is -4.70. The number of halogens is 8. The van der Waals surface area contributed by atoms with Gasteiger partial charge in [0.15, 0.2) is 0 Å². The third-order valence-corrected chi connectivity index (χ3v) is 8.68. The van der Waals surface area contributed by atoms with Gasteiger partial charge in [0.05, 0.1) is 55.5 Å². The van der Waals surface area contributed by atoms with Crippen molar-refractivity contribution >= 4 is 18.0 Å². The maximum absolute atomic E-state index is 13.7. The summed E-state index contributed by atoms with van der Waals surface area (Å²) in [5, 5.41) is 9.42. The van der Waals surface area contributed by atoms with Crippen LogP contribution in [-0.4, -0.2) is 64.2 Å². The van der Waals surface area contributed by atoms with Gasteiger partial charge >= 0.3 is 24.4 Å². The lowest BCUT2D eigenvalue weighted by Gasteiger charge is -2.38. The van der Waals surface area contributed by atoms with Gasteiger partial charge in [-0.25, -0.2) is 23.5 Å². The van der Waals surface area contributed by atoms with E-state index in [0.29, 0.717) is 35.4 Å². The van der Waals surface area contributed by atoms with Gasteiger partial charge in [0.25, 0.3) is 5.92 Å². The van der Waals surface area contributed by atoms with Gasteiger partial charge in [0, 0.05) is 17.3 Å². The Morgan fingerprint density at radius 1 is 1.02 bits per heavy atom. The van der Waals surface area contributed by atoms with Crippen molar-refractivity contribution in [2.75, 3.05) is 25.1 Å². The largest absolute Gasteiger partial charge is 0.496 e. The van der Waals surface area contributed by atoms with Crippen LogP contribution in [0.4, 0.5) is 45.9 Å². The molecule has 9 nitrogen and oxygen atoms in total. The molecule has 2 aromatic carbocycles. The number of hydrogen-bond donors (Lipinski definition) is 1. The molecule has 256 valence electrons. The number of ether oxygens (including phenoxy) is 2. The standard InChI is InChI=1S/C31H26F8N4O5/c1-14-25(16-5-17(30(34,35)36)8-18(6-16)31(37,38)39)48-28(46)43(14)11-23-22(10-40-27(41-23)42-12-29(32,33)13-42)20-7-15(3-4-24(20)47-2)19-9-21(19)26(44)45/h3-8,10,14,19,21,25H,9,11-13H2,1-2H3,(H,44,45)/t14-,19?,21?,25-/m0/s1. The minimum Gasteiger partial charge on any atom is -0.496 e. The molecule has 2 unspecified atom stereocenters. The molecule has 4 atom stereocenters. The summed E-state index contributed by atoms with van der Waals surface area (Å²) in [6.45, 7) is -0.388. The molecule has 0 bridgehead atoms. The Labute approximate surface area is 267 Å². The van der Waals surface area contributed by atoms with Crippen LogP contribution in [0.1, 0.15) is 53.3 Å². The van der Waals surface area contributed by atoms with Crippen LogP contribution in [0.5, 0.6) is 5.75 Å². The van der Waals surface area contributed by atoms with Crippen LogP contribution in [0.25, 0.3) is 11.1 Å². The number of amides is 1. The fourth-order valence-corrected chi connectivity index (χ4v) is 6.03. The summed E-state index contributed by atoms with van der Waals surface area (Å²) in [5.41, 5.74) is -2.29. The molecule has 0 radical (unpaired) electrons. The highest BCUT2D eigenvalue weighted by atomic mass is 19.4. The highest BCUT2D eigenvalue weighted by Gasteiger charge is 2.47. The predicted octanol–water partition coefficient (Wildman–Crippen LogP) is 6.92. The van der Waals surface area contributed by atoms with Crippen molar-refractivity contribution in [2.24, 2.45) is 5.92 Å². The number of aliphatic carboxylic acids is 1.